The van der Waals surface area contributed by atoms with Crippen molar-refractivity contribution in [2.24, 2.45) is 5.73 Å². The second kappa shape index (κ2) is 2.83. The normalized spacial score (nSPS) is 16.5. The standard InChI is InChI=1S/C9H13N3/c1-6-8(5-10)4-9(12-11-6)7-2-3-7/h4,7H,2-3,5,10H2,1H3. The van der Waals surface area contributed by atoms with Gasteiger partial charge < -0.3 is 5.73 Å². The average molecular weight is 163 g/mol. The highest BCUT2D eigenvalue weighted by molar-refractivity contribution is 5.24. The molecule has 0 radical (unpaired) electrons. The maximum absolute atomic E-state index is 5.57. The molecule has 3 heteroatoms. The maximum atomic E-state index is 5.57. The Bertz CT molecular complexity index is 292. The zero-order valence-corrected chi connectivity index (χ0v) is 7.25. The van der Waals surface area contributed by atoms with Gasteiger partial charge in [0, 0.05) is 12.5 Å². The highest BCUT2D eigenvalue weighted by Crippen LogP contribution is 2.38. The zero-order valence-electron chi connectivity index (χ0n) is 7.25. The summed E-state index contributed by atoms with van der Waals surface area (Å²) in [4.78, 5) is 0. The van der Waals surface area contributed by atoms with Crippen LogP contribution in [-0.4, -0.2) is 10.2 Å². The highest BCUT2D eigenvalue weighted by atomic mass is 15.1. The van der Waals surface area contributed by atoms with Crippen LogP contribution in [0.5, 0.6) is 0 Å². The van der Waals surface area contributed by atoms with Gasteiger partial charge in [-0.25, -0.2) is 0 Å². The largest absolute Gasteiger partial charge is 0.326 e. The Kier molecular flexibility index (Phi) is 1.81. The quantitative estimate of drug-likeness (QED) is 0.710. The highest BCUT2D eigenvalue weighted by Gasteiger charge is 2.25. The zero-order chi connectivity index (χ0) is 8.55. The van der Waals surface area contributed by atoms with Gasteiger partial charge >= 0.3 is 0 Å². The van der Waals surface area contributed by atoms with Gasteiger partial charge in [0.15, 0.2) is 0 Å². The summed E-state index contributed by atoms with van der Waals surface area (Å²) in [5.41, 5.74) is 8.79. The van der Waals surface area contributed by atoms with Gasteiger partial charge in [0.25, 0.3) is 0 Å². The molecule has 12 heavy (non-hydrogen) atoms. The van der Waals surface area contributed by atoms with Gasteiger partial charge in [-0.15, -0.1) is 0 Å². The van der Waals surface area contributed by atoms with Gasteiger partial charge in [-0.1, -0.05) is 0 Å². The minimum atomic E-state index is 0.571. The van der Waals surface area contributed by atoms with Gasteiger partial charge in [0.2, 0.25) is 0 Å². The maximum Gasteiger partial charge on any atom is 0.0665 e. The third-order valence-corrected chi connectivity index (χ3v) is 2.32. The number of hydrogen-bond donors (Lipinski definition) is 1. The molecule has 64 valence electrons. The minimum absolute atomic E-state index is 0.571. The summed E-state index contributed by atoms with van der Waals surface area (Å²) in [6, 6.07) is 2.10. The van der Waals surface area contributed by atoms with Crippen molar-refractivity contribution in [1.29, 1.82) is 0 Å². The molecule has 0 atom stereocenters. The minimum Gasteiger partial charge on any atom is -0.326 e. The fourth-order valence-electron chi connectivity index (χ4n) is 1.29. The Morgan fingerprint density at radius 1 is 1.50 bits per heavy atom. The molecule has 0 aliphatic heterocycles. The molecule has 0 spiro atoms. The van der Waals surface area contributed by atoms with Crippen LogP contribution in [0.4, 0.5) is 0 Å². The van der Waals surface area contributed by atoms with E-state index >= 15 is 0 Å². The summed E-state index contributed by atoms with van der Waals surface area (Å²) in [6.45, 7) is 2.52. The summed E-state index contributed by atoms with van der Waals surface area (Å²) in [5.74, 6) is 0.670. The molecular formula is C9H13N3. The van der Waals surface area contributed by atoms with Crippen molar-refractivity contribution in [1.82, 2.24) is 10.2 Å². The first-order chi connectivity index (χ1) is 5.81. The lowest BCUT2D eigenvalue weighted by molar-refractivity contribution is 0.852. The van der Waals surface area contributed by atoms with Crippen molar-refractivity contribution in [2.45, 2.75) is 32.2 Å². The van der Waals surface area contributed by atoms with E-state index in [0.717, 1.165) is 17.0 Å². The first kappa shape index (κ1) is 7.68. The molecule has 1 aromatic rings. The second-order valence-electron chi connectivity index (χ2n) is 3.36. The molecule has 1 aliphatic rings. The van der Waals surface area contributed by atoms with Crippen LogP contribution in [0.1, 0.15) is 35.7 Å². The fourth-order valence-corrected chi connectivity index (χ4v) is 1.29. The Labute approximate surface area is 72.0 Å². The van der Waals surface area contributed by atoms with E-state index in [1.54, 1.807) is 0 Å². The number of hydrogen-bond acceptors (Lipinski definition) is 3. The summed E-state index contributed by atoms with van der Waals surface area (Å²) in [5, 5.41) is 8.22. The van der Waals surface area contributed by atoms with Crippen LogP contribution in [0.15, 0.2) is 6.07 Å². The molecule has 1 aromatic heterocycles. The summed E-state index contributed by atoms with van der Waals surface area (Å²) in [7, 11) is 0. The van der Waals surface area contributed by atoms with Gasteiger partial charge in [0.1, 0.15) is 0 Å². The van der Waals surface area contributed by atoms with Gasteiger partial charge in [-0.05, 0) is 31.4 Å². The summed E-state index contributed by atoms with van der Waals surface area (Å²) in [6.07, 6.45) is 2.53. The third kappa shape index (κ3) is 1.32. The van der Waals surface area contributed by atoms with Crippen molar-refractivity contribution in [3.63, 3.8) is 0 Å². The van der Waals surface area contributed by atoms with Crippen LogP contribution in [-0.2, 0) is 6.54 Å². The Hall–Kier alpha value is -0.960. The van der Waals surface area contributed by atoms with E-state index in [4.69, 9.17) is 5.73 Å². The van der Waals surface area contributed by atoms with Crippen molar-refractivity contribution < 1.29 is 0 Å². The van der Waals surface area contributed by atoms with Crippen molar-refractivity contribution >= 4 is 0 Å². The van der Waals surface area contributed by atoms with Gasteiger partial charge in [-0.2, -0.15) is 10.2 Å². The molecule has 1 saturated carbocycles. The smallest absolute Gasteiger partial charge is 0.0665 e. The van der Waals surface area contributed by atoms with Crippen LogP contribution in [0.3, 0.4) is 0 Å². The Balaban J connectivity index is 2.33. The van der Waals surface area contributed by atoms with Crippen LogP contribution in [0.2, 0.25) is 0 Å². The predicted octanol–water partition coefficient (Wildman–Crippen LogP) is 1.12. The molecule has 1 heterocycles. The molecule has 0 bridgehead atoms. The number of aromatic nitrogens is 2. The monoisotopic (exact) mass is 163 g/mol. The Morgan fingerprint density at radius 3 is 2.83 bits per heavy atom. The van der Waals surface area contributed by atoms with Crippen LogP contribution in [0, 0.1) is 6.92 Å². The number of nitrogens with two attached hydrogens (primary N) is 1. The van der Waals surface area contributed by atoms with Crippen molar-refractivity contribution in [3.05, 3.63) is 23.0 Å². The fraction of sp³-hybridized carbons (Fsp3) is 0.556. The molecule has 3 nitrogen and oxygen atoms in total. The molecule has 2 N–H and O–H groups in total. The van der Waals surface area contributed by atoms with Crippen LogP contribution < -0.4 is 5.73 Å². The molecule has 1 aliphatic carbocycles. The van der Waals surface area contributed by atoms with E-state index in [9.17, 15) is 0 Å². The summed E-state index contributed by atoms with van der Waals surface area (Å²) >= 11 is 0. The first-order valence-electron chi connectivity index (χ1n) is 4.34. The summed E-state index contributed by atoms with van der Waals surface area (Å²) < 4.78 is 0. The topological polar surface area (TPSA) is 51.8 Å². The first-order valence-corrected chi connectivity index (χ1v) is 4.34. The molecule has 0 aromatic carbocycles. The van der Waals surface area contributed by atoms with E-state index in [0.29, 0.717) is 12.5 Å². The van der Waals surface area contributed by atoms with E-state index in [2.05, 4.69) is 16.3 Å². The molecule has 1 fully saturated rings. The predicted molar refractivity (Wildman–Crippen MR) is 46.6 cm³/mol. The Morgan fingerprint density at radius 2 is 2.25 bits per heavy atom. The third-order valence-electron chi connectivity index (χ3n) is 2.32. The van der Waals surface area contributed by atoms with E-state index in [1.165, 1.54) is 12.8 Å². The SMILES string of the molecule is Cc1nnc(C2CC2)cc1CN. The lowest BCUT2D eigenvalue weighted by atomic mass is 10.1. The van der Waals surface area contributed by atoms with E-state index in [-0.39, 0.29) is 0 Å². The molecular weight excluding hydrogens is 150 g/mol. The molecule has 2 rings (SSSR count). The average Bonchev–Trinajstić information content (AvgIpc) is 2.88. The number of aryl methyl sites for hydroxylation is 1. The molecule has 0 amide bonds. The van der Waals surface area contributed by atoms with E-state index < -0.39 is 0 Å². The number of nitrogens with zero attached hydrogens (tertiary/aromatic N) is 2. The molecule has 0 unspecified atom stereocenters. The van der Waals surface area contributed by atoms with Crippen molar-refractivity contribution in [3.8, 4) is 0 Å². The second-order valence-corrected chi connectivity index (χ2v) is 3.36. The van der Waals surface area contributed by atoms with Gasteiger partial charge in [0.05, 0.1) is 11.4 Å². The lowest BCUT2D eigenvalue weighted by Gasteiger charge is -2.02. The van der Waals surface area contributed by atoms with Crippen LogP contribution >= 0.6 is 0 Å². The molecule has 0 saturated heterocycles. The van der Waals surface area contributed by atoms with E-state index in [1.807, 2.05) is 6.92 Å². The lowest BCUT2D eigenvalue weighted by Crippen LogP contribution is -2.04. The van der Waals surface area contributed by atoms with Gasteiger partial charge in [-0.3, -0.25) is 0 Å². The number of rotatable bonds is 2. The van der Waals surface area contributed by atoms with Crippen molar-refractivity contribution in [2.75, 3.05) is 0 Å². The van der Waals surface area contributed by atoms with Crippen LogP contribution in [0.25, 0.3) is 0 Å².